The number of aliphatic hydroxyl groups is 1. The van der Waals surface area contributed by atoms with Crippen molar-refractivity contribution in [3.05, 3.63) is 22.4 Å². The third-order valence-corrected chi connectivity index (χ3v) is 5.24. The second kappa shape index (κ2) is 7.57. The Labute approximate surface area is 137 Å². The molecule has 1 aliphatic rings. The highest BCUT2D eigenvalue weighted by Crippen LogP contribution is 2.35. The number of nitrogens with one attached hydrogen (secondary N) is 1. The number of piperidine rings is 1. The van der Waals surface area contributed by atoms with Crippen molar-refractivity contribution in [1.82, 2.24) is 10.2 Å². The average molecular weight is 324 g/mol. The summed E-state index contributed by atoms with van der Waals surface area (Å²) >= 11 is 1.68. The van der Waals surface area contributed by atoms with E-state index in [1.165, 1.54) is 4.88 Å². The Hall–Kier alpha value is -0.910. The smallest absolute Gasteiger partial charge is 0.234 e. The van der Waals surface area contributed by atoms with Gasteiger partial charge in [0.05, 0.1) is 19.2 Å². The van der Waals surface area contributed by atoms with Crippen molar-refractivity contribution in [1.29, 1.82) is 0 Å². The summed E-state index contributed by atoms with van der Waals surface area (Å²) in [5.74, 6) is 0.0497. The summed E-state index contributed by atoms with van der Waals surface area (Å²) in [5, 5.41) is 14.7. The van der Waals surface area contributed by atoms with Crippen LogP contribution in [0.4, 0.5) is 0 Å². The largest absolute Gasteiger partial charge is 0.395 e. The standard InChI is InChI=1S/C17H28N2O2S/c1-17(2,3)16(14-8-6-10-22-14)18-15(21)11-19-9-5-4-7-13(19)12-20/h6,8,10,13,16,20H,4-5,7,9,11-12H2,1-3H3,(H,18,21). The molecule has 1 aromatic rings. The van der Waals surface area contributed by atoms with Gasteiger partial charge in [-0.1, -0.05) is 33.3 Å². The lowest BCUT2D eigenvalue weighted by molar-refractivity contribution is -0.125. The van der Waals surface area contributed by atoms with Crippen LogP contribution in [0, 0.1) is 5.41 Å². The molecule has 0 aliphatic carbocycles. The van der Waals surface area contributed by atoms with E-state index in [0.717, 1.165) is 25.8 Å². The van der Waals surface area contributed by atoms with Gasteiger partial charge in [-0.15, -0.1) is 11.3 Å². The van der Waals surface area contributed by atoms with Gasteiger partial charge in [0, 0.05) is 10.9 Å². The number of likely N-dealkylation sites (tertiary alicyclic amines) is 1. The Morgan fingerprint density at radius 1 is 1.50 bits per heavy atom. The first-order chi connectivity index (χ1) is 10.4. The van der Waals surface area contributed by atoms with Gasteiger partial charge in [0.15, 0.2) is 0 Å². The quantitative estimate of drug-likeness (QED) is 0.876. The fourth-order valence-electron chi connectivity index (χ4n) is 3.04. The molecule has 4 nitrogen and oxygen atoms in total. The van der Waals surface area contributed by atoms with E-state index < -0.39 is 0 Å². The van der Waals surface area contributed by atoms with Gasteiger partial charge in [-0.2, -0.15) is 0 Å². The van der Waals surface area contributed by atoms with E-state index in [2.05, 4.69) is 37.1 Å². The van der Waals surface area contributed by atoms with Gasteiger partial charge in [-0.05, 0) is 36.2 Å². The minimum absolute atomic E-state index is 0.0253. The molecular formula is C17H28N2O2S. The molecule has 22 heavy (non-hydrogen) atoms. The molecule has 1 aromatic heterocycles. The molecule has 124 valence electrons. The Morgan fingerprint density at radius 2 is 2.27 bits per heavy atom. The summed E-state index contributed by atoms with van der Waals surface area (Å²) < 4.78 is 0. The number of hydrogen-bond donors (Lipinski definition) is 2. The third kappa shape index (κ3) is 4.54. The van der Waals surface area contributed by atoms with Gasteiger partial charge in [0.2, 0.25) is 5.91 Å². The number of nitrogens with zero attached hydrogens (tertiary/aromatic N) is 1. The van der Waals surface area contributed by atoms with Crippen molar-refractivity contribution < 1.29 is 9.90 Å². The fourth-order valence-corrected chi connectivity index (χ4v) is 4.06. The minimum atomic E-state index is -0.0290. The lowest BCUT2D eigenvalue weighted by Crippen LogP contribution is -2.48. The highest BCUT2D eigenvalue weighted by atomic mass is 32.1. The van der Waals surface area contributed by atoms with Gasteiger partial charge in [-0.25, -0.2) is 0 Å². The molecule has 1 saturated heterocycles. The van der Waals surface area contributed by atoms with E-state index in [4.69, 9.17) is 0 Å². The zero-order valence-electron chi connectivity index (χ0n) is 13.8. The molecule has 2 atom stereocenters. The average Bonchev–Trinajstić information content (AvgIpc) is 2.98. The molecule has 0 radical (unpaired) electrons. The molecule has 1 fully saturated rings. The Bertz CT molecular complexity index is 468. The highest BCUT2D eigenvalue weighted by molar-refractivity contribution is 7.10. The number of hydrogen-bond acceptors (Lipinski definition) is 4. The van der Waals surface area contributed by atoms with Crippen molar-refractivity contribution in [3.63, 3.8) is 0 Å². The van der Waals surface area contributed by atoms with Crippen LogP contribution in [0.15, 0.2) is 17.5 Å². The normalized spacial score (nSPS) is 21.5. The maximum atomic E-state index is 12.5. The number of rotatable bonds is 5. The van der Waals surface area contributed by atoms with Crippen molar-refractivity contribution in [2.24, 2.45) is 5.41 Å². The lowest BCUT2D eigenvalue weighted by atomic mass is 9.85. The molecule has 0 saturated carbocycles. The number of aliphatic hydroxyl groups excluding tert-OH is 1. The summed E-state index contributed by atoms with van der Waals surface area (Å²) in [6.07, 6.45) is 3.23. The molecule has 2 rings (SSSR count). The van der Waals surface area contributed by atoms with Crippen LogP contribution in [-0.2, 0) is 4.79 Å². The van der Waals surface area contributed by atoms with Crippen LogP contribution < -0.4 is 5.32 Å². The lowest BCUT2D eigenvalue weighted by Gasteiger charge is -2.35. The Kier molecular flexibility index (Phi) is 6.01. The monoisotopic (exact) mass is 324 g/mol. The summed E-state index contributed by atoms with van der Waals surface area (Å²) in [6, 6.07) is 4.27. The van der Waals surface area contributed by atoms with Gasteiger partial charge < -0.3 is 10.4 Å². The molecule has 1 aliphatic heterocycles. The van der Waals surface area contributed by atoms with Crippen LogP contribution in [0.25, 0.3) is 0 Å². The number of amides is 1. The number of carbonyl (C=O) groups excluding carboxylic acids is 1. The number of thiophene rings is 1. The van der Waals surface area contributed by atoms with E-state index >= 15 is 0 Å². The van der Waals surface area contributed by atoms with Crippen molar-refractivity contribution in [2.45, 2.75) is 52.1 Å². The van der Waals surface area contributed by atoms with Crippen LogP contribution in [0.2, 0.25) is 0 Å². The first-order valence-electron chi connectivity index (χ1n) is 8.09. The zero-order chi connectivity index (χ0) is 16.2. The first-order valence-corrected chi connectivity index (χ1v) is 8.97. The fraction of sp³-hybridized carbons (Fsp3) is 0.706. The van der Waals surface area contributed by atoms with Crippen molar-refractivity contribution >= 4 is 17.2 Å². The predicted molar refractivity (Wildman–Crippen MR) is 91.0 cm³/mol. The second-order valence-corrected chi connectivity index (χ2v) is 8.16. The topological polar surface area (TPSA) is 52.6 Å². The minimum Gasteiger partial charge on any atom is -0.395 e. The van der Waals surface area contributed by atoms with Gasteiger partial charge in [-0.3, -0.25) is 9.69 Å². The van der Waals surface area contributed by atoms with Crippen molar-refractivity contribution in [3.8, 4) is 0 Å². The summed E-state index contributed by atoms with van der Waals surface area (Å²) in [4.78, 5) is 15.8. The van der Waals surface area contributed by atoms with Gasteiger partial charge in [0.1, 0.15) is 0 Å². The molecule has 2 heterocycles. The van der Waals surface area contributed by atoms with Gasteiger partial charge >= 0.3 is 0 Å². The molecule has 0 spiro atoms. The maximum Gasteiger partial charge on any atom is 0.234 e. The van der Waals surface area contributed by atoms with Crippen LogP contribution in [0.5, 0.6) is 0 Å². The van der Waals surface area contributed by atoms with E-state index in [0.29, 0.717) is 6.54 Å². The van der Waals surface area contributed by atoms with Crippen LogP contribution in [0.3, 0.4) is 0 Å². The number of carbonyl (C=O) groups is 1. The van der Waals surface area contributed by atoms with E-state index in [1.807, 2.05) is 11.4 Å². The molecule has 5 heteroatoms. The molecular weight excluding hydrogens is 296 g/mol. The molecule has 0 bridgehead atoms. The molecule has 2 unspecified atom stereocenters. The van der Waals surface area contributed by atoms with Crippen molar-refractivity contribution in [2.75, 3.05) is 19.7 Å². The van der Waals surface area contributed by atoms with E-state index in [-0.39, 0.29) is 30.0 Å². The van der Waals surface area contributed by atoms with E-state index in [9.17, 15) is 9.90 Å². The first kappa shape index (κ1) is 17.4. The van der Waals surface area contributed by atoms with Crippen LogP contribution in [-0.4, -0.2) is 41.7 Å². The zero-order valence-corrected chi connectivity index (χ0v) is 14.7. The van der Waals surface area contributed by atoms with Crippen LogP contribution in [0.1, 0.15) is 51.0 Å². The summed E-state index contributed by atoms with van der Waals surface area (Å²) in [6.45, 7) is 7.86. The SMILES string of the molecule is CC(C)(C)C(NC(=O)CN1CCCCC1CO)c1cccs1. The molecule has 2 N–H and O–H groups in total. The summed E-state index contributed by atoms with van der Waals surface area (Å²) in [5.41, 5.74) is -0.0290. The Balaban J connectivity index is 1.99. The Morgan fingerprint density at radius 3 is 2.86 bits per heavy atom. The molecule has 1 amide bonds. The molecule has 0 aromatic carbocycles. The van der Waals surface area contributed by atoms with E-state index in [1.54, 1.807) is 11.3 Å². The maximum absolute atomic E-state index is 12.5. The highest BCUT2D eigenvalue weighted by Gasteiger charge is 2.30. The predicted octanol–water partition coefficient (Wildman–Crippen LogP) is 2.80. The summed E-state index contributed by atoms with van der Waals surface area (Å²) in [7, 11) is 0. The van der Waals surface area contributed by atoms with Crippen LogP contribution >= 0.6 is 11.3 Å². The second-order valence-electron chi connectivity index (χ2n) is 7.18. The third-order valence-electron chi connectivity index (χ3n) is 4.31. The van der Waals surface area contributed by atoms with Gasteiger partial charge in [0.25, 0.3) is 0 Å².